The molecule has 0 bridgehead atoms. The highest BCUT2D eigenvalue weighted by atomic mass is 32.1. The Morgan fingerprint density at radius 3 is 2.12 bits per heavy atom. The molecule has 0 fully saturated rings. The van der Waals surface area contributed by atoms with E-state index in [2.05, 4.69) is 28.8 Å². The minimum atomic E-state index is 0.501. The van der Waals surface area contributed by atoms with Crippen molar-refractivity contribution in [2.45, 2.75) is 0 Å². The summed E-state index contributed by atoms with van der Waals surface area (Å²) in [5.41, 5.74) is 4.77. The van der Waals surface area contributed by atoms with Crippen molar-refractivity contribution in [1.29, 1.82) is 0 Å². The molecule has 1 heterocycles. The van der Waals surface area contributed by atoms with Crippen molar-refractivity contribution in [2.24, 2.45) is 0 Å². The van der Waals surface area contributed by atoms with E-state index >= 15 is 0 Å². The first-order valence-electron chi connectivity index (χ1n) is 10.0. The molecular formula is C25H20N4O2S. The molecule has 0 aliphatic rings. The Morgan fingerprint density at radius 1 is 0.719 bits per heavy atom. The number of hydrogen-bond donors (Lipinski definition) is 2. The molecule has 0 radical (unpaired) electrons. The van der Waals surface area contributed by atoms with Crippen molar-refractivity contribution in [1.82, 2.24) is 9.97 Å². The summed E-state index contributed by atoms with van der Waals surface area (Å²) in [6, 6.07) is 23.7. The number of nitrogens with zero attached hydrogens (tertiary/aromatic N) is 2. The molecule has 0 unspecified atom stereocenters. The molecule has 0 spiro atoms. The van der Waals surface area contributed by atoms with Gasteiger partial charge in [-0.1, -0.05) is 36.4 Å². The standard InChI is InChI=1S/C25H20N4O2S/c1-30-23-13-21-22(14-24(23)31-2)28-20-12-16(10-11-19(20)27-21)26-25(32)29-18-9-5-7-15-6-3-4-8-17(15)18/h3-14H,1-2H3,(H2,26,29,32). The highest BCUT2D eigenvalue weighted by Crippen LogP contribution is 2.32. The zero-order chi connectivity index (χ0) is 22.1. The van der Waals surface area contributed by atoms with Crippen LogP contribution in [0.4, 0.5) is 11.4 Å². The van der Waals surface area contributed by atoms with E-state index in [4.69, 9.17) is 31.7 Å². The zero-order valence-corrected chi connectivity index (χ0v) is 18.4. The maximum Gasteiger partial charge on any atom is 0.175 e. The maximum absolute atomic E-state index is 5.55. The fraction of sp³-hybridized carbons (Fsp3) is 0.0800. The minimum absolute atomic E-state index is 0.501. The molecule has 0 saturated heterocycles. The van der Waals surface area contributed by atoms with E-state index in [1.165, 1.54) is 0 Å². The molecule has 0 atom stereocenters. The van der Waals surface area contributed by atoms with Gasteiger partial charge in [0.15, 0.2) is 16.6 Å². The quantitative estimate of drug-likeness (QED) is 0.272. The summed E-state index contributed by atoms with van der Waals surface area (Å²) < 4.78 is 10.8. The van der Waals surface area contributed by atoms with Crippen LogP contribution in [-0.4, -0.2) is 29.3 Å². The number of hydrogen-bond acceptors (Lipinski definition) is 5. The molecule has 0 amide bonds. The van der Waals surface area contributed by atoms with Gasteiger partial charge in [0.25, 0.3) is 0 Å². The Kier molecular flexibility index (Phi) is 5.17. The largest absolute Gasteiger partial charge is 0.493 e. The third-order valence-electron chi connectivity index (χ3n) is 5.23. The smallest absolute Gasteiger partial charge is 0.175 e. The lowest BCUT2D eigenvalue weighted by molar-refractivity contribution is 0.355. The molecule has 32 heavy (non-hydrogen) atoms. The van der Waals surface area contributed by atoms with Gasteiger partial charge in [0.1, 0.15) is 0 Å². The first-order valence-corrected chi connectivity index (χ1v) is 10.4. The van der Waals surface area contributed by atoms with Crippen LogP contribution in [0.3, 0.4) is 0 Å². The molecule has 6 nitrogen and oxygen atoms in total. The summed E-state index contributed by atoms with van der Waals surface area (Å²) in [4.78, 5) is 9.46. The SMILES string of the molecule is COc1cc2nc3ccc(NC(=S)Nc4cccc5ccccc45)cc3nc2cc1OC. The first kappa shape index (κ1) is 20.0. The van der Waals surface area contributed by atoms with Crippen molar-refractivity contribution in [3.05, 3.63) is 72.8 Å². The Bertz CT molecular complexity index is 1480. The molecular weight excluding hydrogens is 420 g/mol. The summed E-state index contributed by atoms with van der Waals surface area (Å²) in [7, 11) is 3.20. The fourth-order valence-corrected chi connectivity index (χ4v) is 3.93. The van der Waals surface area contributed by atoms with E-state index in [0.29, 0.717) is 16.6 Å². The van der Waals surface area contributed by atoms with Gasteiger partial charge in [-0.3, -0.25) is 0 Å². The highest BCUT2D eigenvalue weighted by Gasteiger charge is 2.10. The van der Waals surface area contributed by atoms with Crippen LogP contribution in [0.15, 0.2) is 72.8 Å². The van der Waals surface area contributed by atoms with Crippen LogP contribution < -0.4 is 20.1 Å². The number of anilines is 2. The predicted molar refractivity (Wildman–Crippen MR) is 134 cm³/mol. The summed E-state index contributed by atoms with van der Waals surface area (Å²) >= 11 is 5.55. The lowest BCUT2D eigenvalue weighted by atomic mass is 10.1. The lowest BCUT2D eigenvalue weighted by Gasteiger charge is -2.13. The number of thiocarbonyl (C=S) groups is 1. The molecule has 0 aliphatic heterocycles. The second-order valence-corrected chi connectivity index (χ2v) is 7.64. The number of benzene rings is 4. The van der Waals surface area contributed by atoms with Crippen LogP contribution >= 0.6 is 12.2 Å². The van der Waals surface area contributed by atoms with E-state index in [9.17, 15) is 0 Å². The molecule has 2 N–H and O–H groups in total. The fourth-order valence-electron chi connectivity index (χ4n) is 3.70. The van der Waals surface area contributed by atoms with Crippen LogP contribution in [0.1, 0.15) is 0 Å². The van der Waals surface area contributed by atoms with E-state index in [1.807, 2.05) is 54.6 Å². The molecule has 1 aromatic heterocycles. The topological polar surface area (TPSA) is 68.3 Å². The van der Waals surface area contributed by atoms with Gasteiger partial charge in [-0.25, -0.2) is 9.97 Å². The zero-order valence-electron chi connectivity index (χ0n) is 17.5. The van der Waals surface area contributed by atoms with Crippen LogP contribution in [0, 0.1) is 0 Å². The molecule has 158 valence electrons. The van der Waals surface area contributed by atoms with Crippen LogP contribution in [0.25, 0.3) is 32.8 Å². The Labute approximate surface area is 190 Å². The number of nitrogens with one attached hydrogen (secondary N) is 2. The molecule has 4 aromatic carbocycles. The molecule has 5 aromatic rings. The van der Waals surface area contributed by atoms with Crippen LogP contribution in [0.2, 0.25) is 0 Å². The van der Waals surface area contributed by atoms with Gasteiger partial charge >= 0.3 is 0 Å². The summed E-state index contributed by atoms with van der Waals surface area (Å²) in [6.45, 7) is 0. The summed E-state index contributed by atoms with van der Waals surface area (Å²) in [5, 5.41) is 9.30. The Balaban J connectivity index is 1.43. The van der Waals surface area contributed by atoms with Gasteiger partial charge in [-0.15, -0.1) is 0 Å². The number of fused-ring (bicyclic) bond motifs is 3. The molecule has 0 aliphatic carbocycles. The average molecular weight is 441 g/mol. The minimum Gasteiger partial charge on any atom is -0.493 e. The number of ether oxygens (including phenoxy) is 2. The van der Waals surface area contributed by atoms with E-state index < -0.39 is 0 Å². The van der Waals surface area contributed by atoms with Crippen molar-refractivity contribution in [3.8, 4) is 11.5 Å². The summed E-state index contributed by atoms with van der Waals surface area (Å²) in [5.74, 6) is 1.24. The van der Waals surface area contributed by atoms with Gasteiger partial charge in [0, 0.05) is 28.9 Å². The van der Waals surface area contributed by atoms with Gasteiger partial charge < -0.3 is 20.1 Å². The van der Waals surface area contributed by atoms with Gasteiger partial charge in [0.05, 0.1) is 36.3 Å². The first-order chi connectivity index (χ1) is 15.6. The predicted octanol–water partition coefficient (Wildman–Crippen LogP) is 5.76. The number of rotatable bonds is 4. The van der Waals surface area contributed by atoms with E-state index in [-0.39, 0.29) is 0 Å². The third kappa shape index (κ3) is 3.74. The third-order valence-corrected chi connectivity index (χ3v) is 5.44. The monoisotopic (exact) mass is 440 g/mol. The number of aromatic nitrogens is 2. The van der Waals surface area contributed by atoms with Crippen LogP contribution in [0.5, 0.6) is 11.5 Å². The van der Waals surface area contributed by atoms with Gasteiger partial charge in [0.2, 0.25) is 0 Å². The molecule has 7 heteroatoms. The second kappa shape index (κ2) is 8.28. The molecule has 5 rings (SSSR count). The summed E-state index contributed by atoms with van der Waals surface area (Å²) in [6.07, 6.45) is 0. The Hall–Kier alpha value is -3.97. The maximum atomic E-state index is 5.55. The number of methoxy groups -OCH3 is 2. The van der Waals surface area contributed by atoms with E-state index in [0.717, 1.165) is 44.2 Å². The average Bonchev–Trinajstić information content (AvgIpc) is 2.82. The molecule has 0 saturated carbocycles. The van der Waals surface area contributed by atoms with Crippen LogP contribution in [-0.2, 0) is 0 Å². The van der Waals surface area contributed by atoms with E-state index in [1.54, 1.807) is 14.2 Å². The highest BCUT2D eigenvalue weighted by molar-refractivity contribution is 7.80. The van der Waals surface area contributed by atoms with Crippen molar-refractivity contribution >= 4 is 61.5 Å². The normalized spacial score (nSPS) is 10.9. The second-order valence-electron chi connectivity index (χ2n) is 7.23. The van der Waals surface area contributed by atoms with Crippen molar-refractivity contribution < 1.29 is 9.47 Å². The van der Waals surface area contributed by atoms with Crippen molar-refractivity contribution in [3.63, 3.8) is 0 Å². The van der Waals surface area contributed by atoms with Gasteiger partial charge in [-0.2, -0.15) is 0 Å². The van der Waals surface area contributed by atoms with Crippen molar-refractivity contribution in [2.75, 3.05) is 24.9 Å². The van der Waals surface area contributed by atoms with Gasteiger partial charge in [-0.05, 0) is 41.9 Å². The lowest BCUT2D eigenvalue weighted by Crippen LogP contribution is -2.19. The Morgan fingerprint density at radius 2 is 1.38 bits per heavy atom.